The van der Waals surface area contributed by atoms with Crippen LogP contribution in [0.4, 0.5) is 8.78 Å². The normalized spacial score (nSPS) is 49.0. The Labute approximate surface area is 171 Å². The molecule has 2 N–H and O–H groups in total. The summed E-state index contributed by atoms with van der Waals surface area (Å²) in [7, 11) is 0. The van der Waals surface area contributed by atoms with E-state index in [4.69, 9.17) is 0 Å². The third-order valence-corrected chi connectivity index (χ3v) is 9.38. The van der Waals surface area contributed by atoms with Gasteiger partial charge in [-0.05, 0) is 78.9 Å². The van der Waals surface area contributed by atoms with Gasteiger partial charge in [0.1, 0.15) is 17.6 Å². The number of rotatable bonds is 1. The number of nitrogens with zero attached hydrogens (tertiary/aromatic N) is 1. The number of halogens is 2. The fraction of sp³-hybridized carbons (Fsp3) is 0.708. The molecule has 3 fully saturated rings. The van der Waals surface area contributed by atoms with Crippen molar-refractivity contribution in [2.75, 3.05) is 0 Å². The van der Waals surface area contributed by atoms with Crippen LogP contribution in [0.25, 0.3) is 5.57 Å². The molecule has 158 valence electrons. The number of aromatic nitrogens is 1. The van der Waals surface area contributed by atoms with Gasteiger partial charge in [0.25, 0.3) is 0 Å². The fourth-order valence-corrected chi connectivity index (χ4v) is 7.78. The Bertz CT molecular complexity index is 859. The predicted octanol–water partition coefficient (Wildman–Crippen LogP) is 4.68. The maximum Gasteiger partial charge on any atom is 0.142 e. The summed E-state index contributed by atoms with van der Waals surface area (Å²) >= 11 is 0. The van der Waals surface area contributed by atoms with Crippen molar-refractivity contribution in [1.29, 1.82) is 0 Å². The van der Waals surface area contributed by atoms with Gasteiger partial charge in [-0.3, -0.25) is 4.98 Å². The topological polar surface area (TPSA) is 53.4 Å². The molecule has 0 radical (unpaired) electrons. The Kier molecular flexibility index (Phi) is 4.29. The van der Waals surface area contributed by atoms with E-state index >= 15 is 4.39 Å². The molecular formula is C24H31F2NO2. The molecule has 29 heavy (non-hydrogen) atoms. The van der Waals surface area contributed by atoms with E-state index in [0.29, 0.717) is 25.2 Å². The van der Waals surface area contributed by atoms with Crippen LogP contribution in [-0.4, -0.2) is 33.1 Å². The van der Waals surface area contributed by atoms with Crippen molar-refractivity contribution in [3.8, 4) is 0 Å². The van der Waals surface area contributed by atoms with Gasteiger partial charge in [-0.1, -0.05) is 19.9 Å². The Balaban J connectivity index is 1.49. The Morgan fingerprint density at radius 1 is 1.14 bits per heavy atom. The summed E-state index contributed by atoms with van der Waals surface area (Å²) in [6.07, 6.45) is 7.80. The fourth-order valence-electron chi connectivity index (χ4n) is 7.78. The summed E-state index contributed by atoms with van der Waals surface area (Å²) < 4.78 is 29.3. The van der Waals surface area contributed by atoms with Crippen molar-refractivity contribution in [1.82, 2.24) is 4.98 Å². The van der Waals surface area contributed by atoms with Crippen molar-refractivity contribution in [2.24, 2.45) is 28.6 Å². The minimum atomic E-state index is -1.43. The van der Waals surface area contributed by atoms with Crippen LogP contribution in [0.1, 0.15) is 64.4 Å². The number of alkyl halides is 1. The van der Waals surface area contributed by atoms with Crippen LogP contribution in [0, 0.1) is 34.4 Å². The maximum atomic E-state index is 15.5. The van der Waals surface area contributed by atoms with Crippen LogP contribution in [0.3, 0.4) is 0 Å². The number of fused-ring (bicyclic) bond motifs is 5. The lowest BCUT2D eigenvalue weighted by Crippen LogP contribution is -2.67. The van der Waals surface area contributed by atoms with Crippen LogP contribution < -0.4 is 0 Å². The molecule has 3 nitrogen and oxygen atoms in total. The molecule has 0 bridgehead atoms. The van der Waals surface area contributed by atoms with Gasteiger partial charge in [-0.15, -0.1) is 0 Å². The molecule has 0 aromatic carbocycles. The monoisotopic (exact) mass is 403 g/mol. The zero-order valence-electron chi connectivity index (χ0n) is 17.2. The molecule has 1 aromatic rings. The molecule has 0 spiro atoms. The third-order valence-electron chi connectivity index (χ3n) is 9.38. The molecule has 5 heteroatoms. The van der Waals surface area contributed by atoms with Crippen LogP contribution in [0.2, 0.25) is 0 Å². The van der Waals surface area contributed by atoms with Gasteiger partial charge in [0.05, 0.1) is 12.3 Å². The van der Waals surface area contributed by atoms with E-state index in [1.54, 1.807) is 12.3 Å². The molecule has 5 unspecified atom stereocenters. The lowest BCUT2D eigenvalue weighted by molar-refractivity contribution is -0.246. The molecule has 1 aromatic heterocycles. The highest BCUT2D eigenvalue weighted by molar-refractivity contribution is 5.72. The Morgan fingerprint density at radius 2 is 1.93 bits per heavy atom. The van der Waals surface area contributed by atoms with Gasteiger partial charge >= 0.3 is 0 Å². The summed E-state index contributed by atoms with van der Waals surface area (Å²) in [4.78, 5) is 4.04. The summed E-state index contributed by atoms with van der Waals surface area (Å²) in [5.74, 6) is 0.415. The van der Waals surface area contributed by atoms with Crippen molar-refractivity contribution in [3.05, 3.63) is 35.9 Å². The van der Waals surface area contributed by atoms with E-state index in [1.165, 1.54) is 6.20 Å². The first-order chi connectivity index (χ1) is 13.7. The molecule has 1 heterocycles. The van der Waals surface area contributed by atoms with Crippen molar-refractivity contribution < 1.29 is 19.0 Å². The smallest absolute Gasteiger partial charge is 0.142 e. The Hall–Kier alpha value is -1.33. The molecule has 4 aliphatic carbocycles. The zero-order chi connectivity index (χ0) is 20.6. The van der Waals surface area contributed by atoms with Gasteiger partial charge in [0.15, 0.2) is 0 Å². The lowest BCUT2D eigenvalue weighted by Gasteiger charge is -2.64. The highest BCUT2D eigenvalue weighted by Crippen LogP contribution is 2.68. The number of hydrogen-bond acceptors (Lipinski definition) is 3. The highest BCUT2D eigenvalue weighted by Gasteiger charge is 2.67. The Morgan fingerprint density at radius 3 is 2.69 bits per heavy atom. The standard InChI is InChI=1S/C24H31F2NO2/c1-22-7-6-20-17(10-21(26)24(29)11-16(28)5-8-23(20,24)2)19(22)4-3-18(22)14-9-15(25)13-27-12-14/h3,9,12-13,16-17,19-21,28-29H,4-8,10-11H2,1-2H3/t16-,17?,19?,20?,21?,22+,23+,24?/m0/s1. The van der Waals surface area contributed by atoms with Crippen LogP contribution >= 0.6 is 0 Å². The quantitative estimate of drug-likeness (QED) is 0.716. The number of pyridine rings is 1. The first-order valence-electron chi connectivity index (χ1n) is 11.0. The average Bonchev–Trinajstić information content (AvgIpc) is 3.02. The second kappa shape index (κ2) is 6.34. The predicted molar refractivity (Wildman–Crippen MR) is 107 cm³/mol. The van der Waals surface area contributed by atoms with Gasteiger partial charge in [0.2, 0.25) is 0 Å². The molecule has 0 aliphatic heterocycles. The van der Waals surface area contributed by atoms with Crippen molar-refractivity contribution in [2.45, 2.75) is 76.7 Å². The number of aliphatic hydroxyl groups excluding tert-OH is 1. The second-order valence-corrected chi connectivity index (χ2v) is 10.5. The minimum absolute atomic E-state index is 0.115. The first-order valence-corrected chi connectivity index (χ1v) is 11.0. The number of aliphatic hydroxyl groups is 2. The van der Waals surface area contributed by atoms with E-state index in [-0.39, 0.29) is 29.5 Å². The number of allylic oxidation sites excluding steroid dienone is 2. The zero-order valence-corrected chi connectivity index (χ0v) is 17.2. The molecule has 0 amide bonds. The summed E-state index contributed by atoms with van der Waals surface area (Å²) in [6.45, 7) is 4.31. The lowest BCUT2D eigenvalue weighted by atomic mass is 9.42. The van der Waals surface area contributed by atoms with Gasteiger partial charge in [-0.2, -0.15) is 0 Å². The van der Waals surface area contributed by atoms with Crippen LogP contribution in [0.15, 0.2) is 24.5 Å². The van der Waals surface area contributed by atoms with E-state index < -0.39 is 23.3 Å². The van der Waals surface area contributed by atoms with E-state index in [0.717, 1.165) is 30.4 Å². The van der Waals surface area contributed by atoms with Gasteiger partial charge in [0, 0.05) is 18.0 Å². The molecule has 8 atom stereocenters. The molecule has 3 saturated carbocycles. The van der Waals surface area contributed by atoms with E-state index in [1.807, 2.05) is 0 Å². The maximum absolute atomic E-state index is 15.5. The summed E-state index contributed by atoms with van der Waals surface area (Å²) in [5.41, 5.74) is -0.0611. The summed E-state index contributed by atoms with van der Waals surface area (Å²) in [6, 6.07) is 1.56. The first kappa shape index (κ1) is 19.6. The van der Waals surface area contributed by atoms with Crippen molar-refractivity contribution >= 4 is 5.57 Å². The summed E-state index contributed by atoms with van der Waals surface area (Å²) in [5, 5.41) is 21.5. The third kappa shape index (κ3) is 2.56. The molecule has 0 saturated heterocycles. The largest absolute Gasteiger partial charge is 0.393 e. The molecule has 5 rings (SSSR count). The average molecular weight is 404 g/mol. The number of hydrogen-bond donors (Lipinski definition) is 2. The van der Waals surface area contributed by atoms with E-state index in [9.17, 15) is 14.6 Å². The SMILES string of the molecule is C[C@]12CCC3C(CC(F)C4(O)C[C@@H](O)CC[C@]34C)C1CC=C2c1cncc(F)c1. The van der Waals surface area contributed by atoms with Crippen molar-refractivity contribution in [3.63, 3.8) is 0 Å². The highest BCUT2D eigenvalue weighted by atomic mass is 19.1. The minimum Gasteiger partial charge on any atom is -0.393 e. The van der Waals surface area contributed by atoms with Gasteiger partial charge in [-0.25, -0.2) is 8.78 Å². The van der Waals surface area contributed by atoms with Crippen LogP contribution in [-0.2, 0) is 0 Å². The van der Waals surface area contributed by atoms with Gasteiger partial charge < -0.3 is 10.2 Å². The molecular weight excluding hydrogens is 372 g/mol. The van der Waals surface area contributed by atoms with Crippen LogP contribution in [0.5, 0.6) is 0 Å². The second-order valence-electron chi connectivity index (χ2n) is 10.5. The van der Waals surface area contributed by atoms with E-state index in [2.05, 4.69) is 24.9 Å². The molecule has 4 aliphatic rings.